The lowest BCUT2D eigenvalue weighted by atomic mass is 9.99. The molecule has 2 fully saturated rings. The van der Waals surface area contributed by atoms with Gasteiger partial charge in [-0.05, 0) is 62.5 Å². The second-order valence-corrected chi connectivity index (χ2v) is 7.70. The van der Waals surface area contributed by atoms with E-state index in [1.807, 2.05) is 12.1 Å². The average Bonchev–Trinajstić information content (AvgIpc) is 2.99. The van der Waals surface area contributed by atoms with E-state index in [4.69, 9.17) is 0 Å². The highest BCUT2D eigenvalue weighted by molar-refractivity contribution is 6.01. The quantitative estimate of drug-likeness (QED) is 0.589. The van der Waals surface area contributed by atoms with E-state index in [1.165, 1.54) is 30.8 Å². The lowest BCUT2D eigenvalue weighted by Crippen LogP contribution is -2.35. The van der Waals surface area contributed by atoms with Crippen LogP contribution >= 0.6 is 0 Å². The first kappa shape index (κ1) is 19.5. The van der Waals surface area contributed by atoms with Crippen LogP contribution in [0.25, 0.3) is 0 Å². The number of benzene rings is 1. The molecule has 0 atom stereocenters. The third-order valence-corrected chi connectivity index (χ3v) is 5.52. The molecule has 1 aromatic rings. The Morgan fingerprint density at radius 3 is 2.33 bits per heavy atom. The number of nitrogens with zero attached hydrogens (tertiary/aromatic N) is 2. The van der Waals surface area contributed by atoms with E-state index in [1.54, 1.807) is 12.1 Å². The van der Waals surface area contributed by atoms with Gasteiger partial charge in [-0.15, -0.1) is 0 Å². The minimum Gasteiger partial charge on any atom is -0.352 e. The minimum atomic E-state index is -0.120. The molecule has 2 heterocycles. The van der Waals surface area contributed by atoms with Crippen molar-refractivity contribution >= 4 is 17.7 Å². The first-order valence-corrected chi connectivity index (χ1v) is 9.95. The maximum Gasteiger partial charge on any atom is 0.251 e. The van der Waals surface area contributed by atoms with Crippen LogP contribution in [0.3, 0.4) is 0 Å². The minimum absolute atomic E-state index is 0.0814. The maximum absolute atomic E-state index is 12.3. The smallest absolute Gasteiger partial charge is 0.251 e. The van der Waals surface area contributed by atoms with Gasteiger partial charge in [-0.1, -0.05) is 19.1 Å². The van der Waals surface area contributed by atoms with Gasteiger partial charge in [0.05, 0.1) is 6.54 Å². The van der Waals surface area contributed by atoms with Crippen LogP contribution in [0.5, 0.6) is 0 Å². The fourth-order valence-corrected chi connectivity index (χ4v) is 3.64. The predicted molar refractivity (Wildman–Crippen MR) is 103 cm³/mol. The fraction of sp³-hybridized carbons (Fsp3) is 0.571. The average molecular weight is 371 g/mol. The van der Waals surface area contributed by atoms with Crippen LogP contribution in [-0.4, -0.2) is 53.7 Å². The third-order valence-electron chi connectivity index (χ3n) is 5.52. The van der Waals surface area contributed by atoms with E-state index in [0.717, 1.165) is 24.4 Å². The zero-order valence-corrected chi connectivity index (χ0v) is 16.1. The summed E-state index contributed by atoms with van der Waals surface area (Å²) in [6.45, 7) is 6.63. The number of amides is 3. The van der Waals surface area contributed by atoms with Crippen molar-refractivity contribution in [3.63, 3.8) is 0 Å². The predicted octanol–water partition coefficient (Wildman–Crippen LogP) is 2.19. The summed E-state index contributed by atoms with van der Waals surface area (Å²) in [5.41, 5.74) is 1.46. The first-order chi connectivity index (χ1) is 13.0. The first-order valence-electron chi connectivity index (χ1n) is 9.95. The number of rotatable bonds is 7. The monoisotopic (exact) mass is 371 g/mol. The zero-order chi connectivity index (χ0) is 19.2. The summed E-state index contributed by atoms with van der Waals surface area (Å²) in [5, 5.41) is 2.97. The van der Waals surface area contributed by atoms with Gasteiger partial charge in [-0.3, -0.25) is 19.3 Å². The Hall–Kier alpha value is -2.21. The number of hydrogen-bond acceptors (Lipinski definition) is 4. The van der Waals surface area contributed by atoms with Gasteiger partial charge in [0.15, 0.2) is 0 Å². The summed E-state index contributed by atoms with van der Waals surface area (Å²) in [6, 6.07) is 7.12. The summed E-state index contributed by atoms with van der Waals surface area (Å²) in [7, 11) is 0. The molecular formula is C21H29N3O3. The van der Waals surface area contributed by atoms with Crippen molar-refractivity contribution in [1.29, 1.82) is 0 Å². The number of likely N-dealkylation sites (tertiary alicyclic amines) is 2. The highest BCUT2D eigenvalue weighted by atomic mass is 16.2. The Bertz CT molecular complexity index is 662. The molecule has 0 spiro atoms. The van der Waals surface area contributed by atoms with Crippen LogP contribution in [0, 0.1) is 5.92 Å². The summed E-state index contributed by atoms with van der Waals surface area (Å²) in [6.07, 6.45) is 4.10. The molecule has 0 aromatic heterocycles. The number of nitrogens with one attached hydrogen (secondary N) is 1. The van der Waals surface area contributed by atoms with Gasteiger partial charge in [-0.25, -0.2) is 0 Å². The van der Waals surface area contributed by atoms with E-state index in [-0.39, 0.29) is 24.3 Å². The van der Waals surface area contributed by atoms with Crippen molar-refractivity contribution in [3.05, 3.63) is 35.4 Å². The number of hydrogen-bond donors (Lipinski definition) is 1. The summed E-state index contributed by atoms with van der Waals surface area (Å²) < 4.78 is 0. The molecule has 2 saturated heterocycles. The Morgan fingerprint density at radius 2 is 1.70 bits per heavy atom. The van der Waals surface area contributed by atoms with Crippen molar-refractivity contribution in [2.75, 3.05) is 26.2 Å². The molecule has 0 bridgehead atoms. The molecule has 1 aromatic carbocycles. The van der Waals surface area contributed by atoms with Gasteiger partial charge >= 0.3 is 0 Å². The zero-order valence-electron chi connectivity index (χ0n) is 16.1. The van der Waals surface area contributed by atoms with Crippen molar-refractivity contribution in [1.82, 2.24) is 15.1 Å². The molecular weight excluding hydrogens is 342 g/mol. The molecule has 0 aliphatic carbocycles. The molecule has 0 saturated carbocycles. The van der Waals surface area contributed by atoms with Crippen LogP contribution in [0.1, 0.15) is 54.9 Å². The van der Waals surface area contributed by atoms with Crippen LogP contribution in [0.4, 0.5) is 0 Å². The highest BCUT2D eigenvalue weighted by Gasteiger charge is 2.28. The van der Waals surface area contributed by atoms with Crippen molar-refractivity contribution in [3.8, 4) is 0 Å². The van der Waals surface area contributed by atoms with Gasteiger partial charge in [0, 0.05) is 24.9 Å². The Labute approximate surface area is 160 Å². The molecule has 6 nitrogen and oxygen atoms in total. The molecule has 146 valence electrons. The van der Waals surface area contributed by atoms with Crippen LogP contribution in [0.2, 0.25) is 0 Å². The Balaban J connectivity index is 1.40. The van der Waals surface area contributed by atoms with Gasteiger partial charge < -0.3 is 10.2 Å². The lowest BCUT2D eigenvalue weighted by molar-refractivity contribution is -0.139. The summed E-state index contributed by atoms with van der Waals surface area (Å²) in [5.74, 6) is 0.516. The van der Waals surface area contributed by atoms with Gasteiger partial charge in [0.25, 0.3) is 5.91 Å². The van der Waals surface area contributed by atoms with E-state index in [0.29, 0.717) is 24.9 Å². The van der Waals surface area contributed by atoms with Crippen LogP contribution in [-0.2, 0) is 16.1 Å². The van der Waals surface area contributed by atoms with E-state index >= 15 is 0 Å². The molecule has 3 rings (SSSR count). The molecule has 2 aliphatic rings. The second kappa shape index (κ2) is 9.13. The topological polar surface area (TPSA) is 69.7 Å². The number of carbonyl (C=O) groups excluding carboxylic acids is 3. The summed E-state index contributed by atoms with van der Waals surface area (Å²) in [4.78, 5) is 39.4. The largest absolute Gasteiger partial charge is 0.352 e. The van der Waals surface area contributed by atoms with Gasteiger partial charge in [0.2, 0.25) is 11.8 Å². The lowest BCUT2D eigenvalue weighted by Gasteiger charge is -2.30. The maximum atomic E-state index is 12.3. The third kappa shape index (κ3) is 5.39. The molecule has 27 heavy (non-hydrogen) atoms. The van der Waals surface area contributed by atoms with E-state index < -0.39 is 0 Å². The highest BCUT2D eigenvalue weighted by Crippen LogP contribution is 2.17. The molecule has 0 unspecified atom stereocenters. The van der Waals surface area contributed by atoms with Crippen molar-refractivity contribution < 1.29 is 14.4 Å². The molecule has 2 aliphatic heterocycles. The van der Waals surface area contributed by atoms with Gasteiger partial charge in [0.1, 0.15) is 0 Å². The van der Waals surface area contributed by atoms with Crippen molar-refractivity contribution in [2.45, 2.75) is 45.6 Å². The van der Waals surface area contributed by atoms with Crippen LogP contribution in [0.15, 0.2) is 24.3 Å². The molecule has 0 radical (unpaired) electrons. The molecule has 6 heteroatoms. The Morgan fingerprint density at radius 1 is 1.07 bits per heavy atom. The van der Waals surface area contributed by atoms with Crippen LogP contribution < -0.4 is 5.32 Å². The molecule has 3 amide bonds. The fourth-order valence-electron chi connectivity index (χ4n) is 3.64. The Kier molecular flexibility index (Phi) is 6.61. The molecule has 1 N–H and O–H groups in total. The van der Waals surface area contributed by atoms with E-state index in [2.05, 4.69) is 17.1 Å². The van der Waals surface area contributed by atoms with Gasteiger partial charge in [-0.2, -0.15) is 0 Å². The second-order valence-electron chi connectivity index (χ2n) is 7.70. The summed E-state index contributed by atoms with van der Waals surface area (Å²) >= 11 is 0. The SMILES string of the molecule is CC1CCN(CCCNC(=O)c2ccc(CN3C(=O)CCC3=O)cc2)CC1. The standard InChI is InChI=1S/C21H29N3O3/c1-16-9-13-23(14-10-16)12-2-11-22-21(27)18-5-3-17(4-6-18)15-24-19(25)7-8-20(24)26/h3-6,16H,2,7-15H2,1H3,(H,22,27). The normalized spacial score (nSPS) is 18.9. The van der Waals surface area contributed by atoms with Crippen molar-refractivity contribution in [2.24, 2.45) is 5.92 Å². The van der Waals surface area contributed by atoms with E-state index in [9.17, 15) is 14.4 Å². The number of carbonyl (C=O) groups is 3. The number of imide groups is 1. The number of piperidine rings is 1.